The Hall–Kier alpha value is -3.02. The van der Waals surface area contributed by atoms with Gasteiger partial charge in [0.1, 0.15) is 12.4 Å². The first kappa shape index (κ1) is 21.8. The average molecular weight is 563 g/mol. The zero-order valence-corrected chi connectivity index (χ0v) is 20.0. The minimum atomic E-state index is -0.987. The molecule has 0 fully saturated rings. The molecule has 0 radical (unpaired) electrons. The van der Waals surface area contributed by atoms with Crippen LogP contribution < -0.4 is 10.1 Å². The van der Waals surface area contributed by atoms with Gasteiger partial charge in [-0.2, -0.15) is 4.98 Å². The molecule has 1 aliphatic rings. The number of phenols is 1. The quantitative estimate of drug-likeness (QED) is 0.267. The standard InChI is InChI=1S/C23H20F2IN5O2/c1-23(2)11-33-22-28-18-19(29-21(26)30-20(18)31(22)23)27-9-8-12-6-7-16(32)14(10-12)13-4-3-5-15(24)17(13)25/h3-7,10,32H,8-9,11H2,1-2H3,(H,27,29,30). The summed E-state index contributed by atoms with van der Waals surface area (Å²) in [7, 11) is 0. The molecule has 33 heavy (non-hydrogen) atoms. The number of benzene rings is 2. The molecule has 0 aliphatic carbocycles. The van der Waals surface area contributed by atoms with Crippen LogP contribution >= 0.6 is 22.6 Å². The Morgan fingerprint density at radius 2 is 1.97 bits per heavy atom. The van der Waals surface area contributed by atoms with Gasteiger partial charge in [-0.1, -0.05) is 18.2 Å². The molecule has 0 saturated carbocycles. The first-order chi connectivity index (χ1) is 15.7. The smallest absolute Gasteiger partial charge is 0.299 e. The van der Waals surface area contributed by atoms with Crippen molar-refractivity contribution in [2.24, 2.45) is 0 Å². The second-order valence-corrected chi connectivity index (χ2v) is 9.44. The summed E-state index contributed by atoms with van der Waals surface area (Å²) in [6.45, 7) is 5.17. The second kappa shape index (κ2) is 8.08. The summed E-state index contributed by atoms with van der Waals surface area (Å²) >= 11 is 2.07. The van der Waals surface area contributed by atoms with Crippen molar-refractivity contribution in [1.29, 1.82) is 0 Å². The Morgan fingerprint density at radius 1 is 1.15 bits per heavy atom. The molecule has 2 aromatic heterocycles. The lowest BCUT2D eigenvalue weighted by atomic mass is 10.00. The Kier molecular flexibility index (Phi) is 5.34. The first-order valence-electron chi connectivity index (χ1n) is 10.3. The third-order valence-electron chi connectivity index (χ3n) is 5.62. The number of aromatic hydroxyl groups is 1. The van der Waals surface area contributed by atoms with Gasteiger partial charge in [-0.25, -0.2) is 18.7 Å². The van der Waals surface area contributed by atoms with E-state index < -0.39 is 11.6 Å². The molecule has 2 N–H and O–H groups in total. The molecule has 3 heterocycles. The van der Waals surface area contributed by atoms with E-state index in [1.807, 2.05) is 4.57 Å². The minimum Gasteiger partial charge on any atom is -0.507 e. The van der Waals surface area contributed by atoms with Crippen LogP contribution in [0.3, 0.4) is 0 Å². The number of phenolic OH excluding ortho intramolecular Hbond substituents is 1. The predicted octanol–water partition coefficient (Wildman–Crippen LogP) is 4.86. The molecule has 1 aliphatic heterocycles. The lowest BCUT2D eigenvalue weighted by molar-refractivity contribution is 0.268. The van der Waals surface area contributed by atoms with E-state index in [0.29, 0.717) is 46.4 Å². The number of anilines is 1. The molecular formula is C23H20F2IN5O2. The summed E-state index contributed by atoms with van der Waals surface area (Å²) < 4.78 is 36.2. The van der Waals surface area contributed by atoms with Crippen molar-refractivity contribution in [3.63, 3.8) is 0 Å². The molecular weight excluding hydrogens is 543 g/mol. The number of aromatic nitrogens is 4. The van der Waals surface area contributed by atoms with E-state index in [2.05, 4.69) is 56.7 Å². The largest absolute Gasteiger partial charge is 0.507 e. The summed E-state index contributed by atoms with van der Waals surface area (Å²) in [5.74, 6) is -1.46. The van der Waals surface area contributed by atoms with E-state index in [9.17, 15) is 13.9 Å². The van der Waals surface area contributed by atoms with E-state index in [1.54, 1.807) is 12.1 Å². The fraction of sp³-hybridized carbons (Fsp3) is 0.261. The van der Waals surface area contributed by atoms with Gasteiger partial charge in [-0.05, 0) is 44.0 Å². The van der Waals surface area contributed by atoms with Crippen molar-refractivity contribution < 1.29 is 18.6 Å². The SMILES string of the molecule is CC1(C)COc2nc3c(NCCc4ccc(O)c(-c5cccc(F)c5F)c4)nc(I)nc3n21. The molecule has 170 valence electrons. The van der Waals surface area contributed by atoms with E-state index in [4.69, 9.17) is 4.74 Å². The van der Waals surface area contributed by atoms with Crippen molar-refractivity contribution in [2.45, 2.75) is 25.8 Å². The fourth-order valence-electron chi connectivity index (χ4n) is 3.97. The number of rotatable bonds is 5. The van der Waals surface area contributed by atoms with Crippen molar-refractivity contribution >= 4 is 39.6 Å². The lowest BCUT2D eigenvalue weighted by Gasteiger charge is -2.18. The Morgan fingerprint density at radius 3 is 2.79 bits per heavy atom. The van der Waals surface area contributed by atoms with E-state index >= 15 is 0 Å². The maximum absolute atomic E-state index is 14.2. The van der Waals surface area contributed by atoms with Crippen LogP contribution in [0.5, 0.6) is 11.8 Å². The molecule has 5 rings (SSSR count). The van der Waals surface area contributed by atoms with Crippen LogP contribution in [0.15, 0.2) is 36.4 Å². The van der Waals surface area contributed by atoms with E-state index in [1.165, 1.54) is 18.2 Å². The van der Waals surface area contributed by atoms with Crippen LogP contribution in [0.1, 0.15) is 19.4 Å². The van der Waals surface area contributed by atoms with Gasteiger partial charge in [-0.15, -0.1) is 0 Å². The maximum Gasteiger partial charge on any atom is 0.299 e. The monoisotopic (exact) mass is 563 g/mol. The van der Waals surface area contributed by atoms with Gasteiger partial charge >= 0.3 is 0 Å². The average Bonchev–Trinajstić information content (AvgIpc) is 3.29. The van der Waals surface area contributed by atoms with Crippen LogP contribution in [-0.2, 0) is 12.0 Å². The van der Waals surface area contributed by atoms with Crippen LogP contribution in [0.4, 0.5) is 14.6 Å². The topological polar surface area (TPSA) is 85.1 Å². The normalized spacial score (nSPS) is 14.3. The molecule has 7 nitrogen and oxygen atoms in total. The number of nitrogens with one attached hydrogen (secondary N) is 1. The summed E-state index contributed by atoms with van der Waals surface area (Å²) in [6, 6.07) is 9.32. The van der Waals surface area contributed by atoms with Gasteiger partial charge in [0.15, 0.2) is 32.4 Å². The highest BCUT2D eigenvalue weighted by Gasteiger charge is 2.36. The number of hydrogen-bond donors (Lipinski definition) is 2. The molecule has 0 unspecified atom stereocenters. The first-order valence-corrected chi connectivity index (χ1v) is 11.4. The third kappa shape index (κ3) is 3.85. The van der Waals surface area contributed by atoms with E-state index in [-0.39, 0.29) is 22.4 Å². The highest BCUT2D eigenvalue weighted by atomic mass is 127. The van der Waals surface area contributed by atoms with Gasteiger partial charge in [0.2, 0.25) is 0 Å². The van der Waals surface area contributed by atoms with Crippen molar-refractivity contribution in [1.82, 2.24) is 19.5 Å². The van der Waals surface area contributed by atoms with Crippen LogP contribution in [-0.4, -0.2) is 37.8 Å². The minimum absolute atomic E-state index is 0.0181. The zero-order chi connectivity index (χ0) is 23.3. The third-order valence-corrected chi connectivity index (χ3v) is 6.10. The molecule has 0 amide bonds. The van der Waals surface area contributed by atoms with Crippen molar-refractivity contribution in [3.8, 4) is 22.9 Å². The number of hydrogen-bond acceptors (Lipinski definition) is 6. The van der Waals surface area contributed by atoms with Crippen LogP contribution in [0.25, 0.3) is 22.3 Å². The Bertz CT molecular complexity index is 1390. The van der Waals surface area contributed by atoms with Gasteiger partial charge in [0, 0.05) is 40.3 Å². The molecule has 2 aromatic carbocycles. The van der Waals surface area contributed by atoms with Gasteiger partial charge in [0.25, 0.3) is 6.01 Å². The van der Waals surface area contributed by atoms with Crippen molar-refractivity contribution in [3.05, 3.63) is 57.4 Å². The Balaban J connectivity index is 1.39. The molecule has 0 spiro atoms. The highest BCUT2D eigenvalue weighted by Crippen LogP contribution is 2.36. The number of fused-ring (bicyclic) bond motifs is 3. The number of halogens is 3. The molecule has 0 atom stereocenters. The number of imidazole rings is 1. The van der Waals surface area contributed by atoms with Crippen LogP contribution in [0, 0.1) is 15.5 Å². The van der Waals surface area contributed by atoms with Crippen molar-refractivity contribution in [2.75, 3.05) is 18.5 Å². The number of nitrogens with zero attached hydrogens (tertiary/aromatic N) is 4. The van der Waals surface area contributed by atoms with E-state index in [0.717, 1.165) is 11.6 Å². The molecule has 0 bridgehead atoms. The second-order valence-electron chi connectivity index (χ2n) is 8.47. The zero-order valence-electron chi connectivity index (χ0n) is 17.9. The summed E-state index contributed by atoms with van der Waals surface area (Å²) in [4.78, 5) is 13.6. The van der Waals surface area contributed by atoms with Gasteiger partial charge < -0.3 is 15.2 Å². The Labute approximate surface area is 202 Å². The number of ether oxygens (including phenoxy) is 1. The molecule has 10 heteroatoms. The molecule has 4 aromatic rings. The predicted molar refractivity (Wildman–Crippen MR) is 129 cm³/mol. The highest BCUT2D eigenvalue weighted by molar-refractivity contribution is 14.1. The van der Waals surface area contributed by atoms with Crippen LogP contribution in [0.2, 0.25) is 0 Å². The summed E-state index contributed by atoms with van der Waals surface area (Å²) in [6.07, 6.45) is 0.557. The summed E-state index contributed by atoms with van der Waals surface area (Å²) in [5.41, 5.74) is 2.19. The van der Waals surface area contributed by atoms with Gasteiger partial charge in [-0.3, -0.25) is 4.57 Å². The molecule has 0 saturated heterocycles. The maximum atomic E-state index is 14.2. The lowest BCUT2D eigenvalue weighted by Crippen LogP contribution is -2.26. The van der Waals surface area contributed by atoms with Gasteiger partial charge in [0.05, 0.1) is 5.54 Å². The summed E-state index contributed by atoms with van der Waals surface area (Å²) in [5, 5.41) is 13.5. The fourth-order valence-corrected chi connectivity index (χ4v) is 4.44.